The number of aromatic amines is 1. The van der Waals surface area contributed by atoms with Crippen LogP contribution in [0, 0.1) is 5.41 Å². The van der Waals surface area contributed by atoms with Crippen LogP contribution in [-0.2, 0) is 4.79 Å². The lowest BCUT2D eigenvalue weighted by molar-refractivity contribution is -0.130. The number of likely N-dealkylation sites (tertiary alicyclic amines) is 1. The first-order valence-corrected chi connectivity index (χ1v) is 10.6. The number of anilines is 1. The smallest absolute Gasteiger partial charge is 0.227 e. The zero-order valence-corrected chi connectivity index (χ0v) is 16.9. The number of rotatable bonds is 6. The van der Waals surface area contributed by atoms with Gasteiger partial charge in [-0.1, -0.05) is 11.8 Å². The van der Waals surface area contributed by atoms with E-state index in [1.165, 1.54) is 11.8 Å². The Hall–Kier alpha value is -3.01. The predicted octanol–water partition coefficient (Wildman–Crippen LogP) is 2.58. The van der Waals surface area contributed by atoms with Gasteiger partial charge in [-0.3, -0.25) is 4.79 Å². The molecule has 150 valence electrons. The molecule has 4 heterocycles. The molecular formula is C19H22N8OS. The zero-order chi connectivity index (χ0) is 20.2. The van der Waals surface area contributed by atoms with Gasteiger partial charge in [-0.25, -0.2) is 19.9 Å². The van der Waals surface area contributed by atoms with E-state index < -0.39 is 0 Å². The number of nitrogens with one attached hydrogen (secondary N) is 3. The molecule has 3 N–H and O–H groups in total. The lowest BCUT2D eigenvalue weighted by Gasteiger charge is -2.33. The van der Waals surface area contributed by atoms with Gasteiger partial charge in [-0.15, -0.1) is 0 Å². The Labute approximate surface area is 172 Å². The van der Waals surface area contributed by atoms with Crippen molar-refractivity contribution in [1.82, 2.24) is 29.8 Å². The van der Waals surface area contributed by atoms with Crippen molar-refractivity contribution in [3.8, 4) is 11.3 Å². The first-order chi connectivity index (χ1) is 14.2. The molecule has 3 aromatic heterocycles. The molecule has 0 aromatic carbocycles. The van der Waals surface area contributed by atoms with Gasteiger partial charge in [0.05, 0.1) is 23.9 Å². The number of thioether (sulfide) groups is 1. The molecule has 1 aliphatic rings. The van der Waals surface area contributed by atoms with Crippen LogP contribution >= 0.6 is 11.8 Å². The van der Waals surface area contributed by atoms with Crippen LogP contribution in [0.25, 0.3) is 22.4 Å². The molecule has 1 aliphatic heterocycles. The van der Waals surface area contributed by atoms with Crippen molar-refractivity contribution in [2.24, 2.45) is 0 Å². The molecule has 4 rings (SSSR count). The molecule has 1 atom stereocenters. The van der Waals surface area contributed by atoms with Gasteiger partial charge in [-0.05, 0) is 25.2 Å². The fourth-order valence-corrected chi connectivity index (χ4v) is 3.79. The van der Waals surface area contributed by atoms with Gasteiger partial charge in [0.1, 0.15) is 11.3 Å². The maximum atomic E-state index is 12.2. The normalized spacial score (nSPS) is 16.7. The highest BCUT2D eigenvalue weighted by molar-refractivity contribution is 7.98. The van der Waals surface area contributed by atoms with Crippen molar-refractivity contribution < 1.29 is 4.79 Å². The minimum Gasteiger partial charge on any atom is -0.365 e. The molecule has 0 saturated carbocycles. The average Bonchev–Trinajstić information content (AvgIpc) is 3.22. The molecule has 1 saturated heterocycles. The molecular weight excluding hydrogens is 388 g/mol. The summed E-state index contributed by atoms with van der Waals surface area (Å²) in [7, 11) is 0. The average molecular weight is 411 g/mol. The Morgan fingerprint density at radius 1 is 1.41 bits per heavy atom. The quantitative estimate of drug-likeness (QED) is 0.324. The van der Waals surface area contributed by atoms with Crippen molar-refractivity contribution in [1.29, 1.82) is 5.41 Å². The lowest BCUT2D eigenvalue weighted by Crippen LogP contribution is -2.45. The van der Waals surface area contributed by atoms with E-state index in [1.54, 1.807) is 12.4 Å². The minimum absolute atomic E-state index is 0.0111. The first kappa shape index (κ1) is 19.3. The fraction of sp³-hybridized carbons (Fsp3) is 0.368. The van der Waals surface area contributed by atoms with Crippen LogP contribution in [-0.4, -0.2) is 67.3 Å². The number of carbonyl (C=O) groups excluding carboxylic acids is 1. The number of hydrogen-bond donors (Lipinski definition) is 3. The third kappa shape index (κ3) is 4.21. The summed E-state index contributed by atoms with van der Waals surface area (Å²) in [5.74, 6) is 0.683. The number of nitrogens with zero attached hydrogens (tertiary/aromatic N) is 5. The number of piperidine rings is 1. The van der Waals surface area contributed by atoms with Gasteiger partial charge in [0.25, 0.3) is 0 Å². The van der Waals surface area contributed by atoms with Crippen LogP contribution in [0.5, 0.6) is 0 Å². The Kier molecular flexibility index (Phi) is 5.70. The minimum atomic E-state index is -0.0111. The highest BCUT2D eigenvalue weighted by Gasteiger charge is 2.24. The number of hydrogen-bond acceptors (Lipinski definition) is 8. The second-order valence-electron chi connectivity index (χ2n) is 6.82. The third-order valence-electron chi connectivity index (χ3n) is 4.88. The monoisotopic (exact) mass is 410 g/mol. The van der Waals surface area contributed by atoms with Gasteiger partial charge < -0.3 is 20.6 Å². The van der Waals surface area contributed by atoms with Crippen molar-refractivity contribution in [2.75, 3.05) is 24.7 Å². The number of fused-ring (bicyclic) bond motifs is 1. The van der Waals surface area contributed by atoms with E-state index in [-0.39, 0.29) is 18.4 Å². The topological polar surface area (TPSA) is 124 Å². The Morgan fingerprint density at radius 3 is 3.14 bits per heavy atom. The number of amides is 1. The van der Waals surface area contributed by atoms with Gasteiger partial charge in [0.2, 0.25) is 5.91 Å². The summed E-state index contributed by atoms with van der Waals surface area (Å²) in [5.41, 5.74) is 2.99. The predicted molar refractivity (Wildman–Crippen MR) is 113 cm³/mol. The summed E-state index contributed by atoms with van der Waals surface area (Å²) in [5, 5.41) is 11.3. The van der Waals surface area contributed by atoms with Crippen LogP contribution < -0.4 is 5.32 Å². The molecule has 0 bridgehead atoms. The largest absolute Gasteiger partial charge is 0.365 e. The standard InChI is InChI=1S/C19H22N8OS/c1-29-19-23-9-13(15-10-22-18-14(25-15)5-7-21-18)17(26-19)24-12-3-2-8-27(11-12)16(28)4-6-20/h5-7,9-10,12,20H,2-4,8,11H2,1H3,(H,21,22)(H,23,24,26)/t12-/m0/s1. The summed E-state index contributed by atoms with van der Waals surface area (Å²) in [4.78, 5) is 35.2. The Bertz CT molecular complexity index is 1040. The van der Waals surface area contributed by atoms with Gasteiger partial charge in [0.15, 0.2) is 10.8 Å². The van der Waals surface area contributed by atoms with Crippen molar-refractivity contribution in [2.45, 2.75) is 30.5 Å². The van der Waals surface area contributed by atoms with E-state index >= 15 is 0 Å². The van der Waals surface area contributed by atoms with Crippen molar-refractivity contribution in [3.63, 3.8) is 0 Å². The molecule has 0 radical (unpaired) electrons. The van der Waals surface area contributed by atoms with Gasteiger partial charge in [0, 0.05) is 37.7 Å². The van der Waals surface area contributed by atoms with Crippen LogP contribution in [0.4, 0.5) is 5.82 Å². The number of carbonyl (C=O) groups is 1. The van der Waals surface area contributed by atoms with Crippen LogP contribution in [0.1, 0.15) is 19.3 Å². The van der Waals surface area contributed by atoms with Crippen molar-refractivity contribution >= 4 is 40.9 Å². The molecule has 29 heavy (non-hydrogen) atoms. The fourth-order valence-electron chi connectivity index (χ4n) is 3.45. The summed E-state index contributed by atoms with van der Waals surface area (Å²) in [6, 6.07) is 1.95. The zero-order valence-electron chi connectivity index (χ0n) is 16.1. The van der Waals surface area contributed by atoms with E-state index in [0.29, 0.717) is 23.2 Å². The summed E-state index contributed by atoms with van der Waals surface area (Å²) in [6.45, 7) is 1.32. The summed E-state index contributed by atoms with van der Waals surface area (Å²) < 4.78 is 0. The first-order valence-electron chi connectivity index (χ1n) is 9.42. The highest BCUT2D eigenvalue weighted by atomic mass is 32.2. The van der Waals surface area contributed by atoms with Crippen LogP contribution in [0.15, 0.2) is 29.8 Å². The maximum Gasteiger partial charge on any atom is 0.227 e. The Morgan fingerprint density at radius 2 is 2.31 bits per heavy atom. The molecule has 1 amide bonds. The van der Waals surface area contributed by atoms with E-state index in [1.807, 2.05) is 23.4 Å². The molecule has 3 aromatic rings. The van der Waals surface area contributed by atoms with E-state index in [9.17, 15) is 4.79 Å². The second kappa shape index (κ2) is 8.56. The maximum absolute atomic E-state index is 12.2. The molecule has 0 unspecified atom stereocenters. The molecule has 10 heteroatoms. The summed E-state index contributed by atoms with van der Waals surface area (Å²) in [6.07, 6.45) is 10.4. The van der Waals surface area contributed by atoms with Crippen LogP contribution in [0.2, 0.25) is 0 Å². The SMILES string of the molecule is CSc1ncc(-c2cnc3[nH]ccc3n2)c(N[C@H]2CCCN(C(=O)CC=N)C2)n1. The molecule has 9 nitrogen and oxygen atoms in total. The van der Waals surface area contributed by atoms with E-state index in [4.69, 9.17) is 5.41 Å². The van der Waals surface area contributed by atoms with Gasteiger partial charge >= 0.3 is 0 Å². The summed E-state index contributed by atoms with van der Waals surface area (Å²) >= 11 is 1.47. The van der Waals surface area contributed by atoms with Gasteiger partial charge in [-0.2, -0.15) is 0 Å². The molecule has 0 spiro atoms. The molecule has 0 aliphatic carbocycles. The lowest BCUT2D eigenvalue weighted by atomic mass is 10.0. The van der Waals surface area contributed by atoms with Crippen LogP contribution in [0.3, 0.4) is 0 Å². The number of aromatic nitrogens is 5. The number of H-pyrrole nitrogens is 1. The van der Waals surface area contributed by atoms with Crippen molar-refractivity contribution in [3.05, 3.63) is 24.7 Å². The van der Waals surface area contributed by atoms with E-state index in [0.717, 1.165) is 42.3 Å². The third-order valence-corrected chi connectivity index (χ3v) is 5.44. The molecule has 1 fully saturated rings. The second-order valence-corrected chi connectivity index (χ2v) is 7.59. The Balaban J connectivity index is 1.62. The van der Waals surface area contributed by atoms with E-state index in [2.05, 4.69) is 30.2 Å². The highest BCUT2D eigenvalue weighted by Crippen LogP contribution is 2.28.